The summed E-state index contributed by atoms with van der Waals surface area (Å²) in [4.78, 5) is 22.5. The molecule has 1 aliphatic heterocycles. The van der Waals surface area contributed by atoms with Crippen LogP contribution in [0.3, 0.4) is 0 Å². The number of carbonyl (C=O) groups excluding carboxylic acids is 1. The minimum atomic E-state index is -0.0850. The topological polar surface area (TPSA) is 67.4 Å². The maximum atomic E-state index is 12.4. The second-order valence-corrected chi connectivity index (χ2v) is 4.77. The monoisotopic (exact) mass is 264 g/mol. The van der Waals surface area contributed by atoms with E-state index in [9.17, 15) is 4.79 Å². The lowest BCUT2D eigenvalue weighted by molar-refractivity contribution is -0.0389. The van der Waals surface area contributed by atoms with Gasteiger partial charge in [-0.3, -0.25) is 4.79 Å². The number of rotatable bonds is 3. The highest BCUT2D eigenvalue weighted by atomic mass is 16.5. The molecule has 2 heterocycles. The molecule has 1 aromatic rings. The van der Waals surface area contributed by atoms with Crippen LogP contribution in [-0.4, -0.2) is 52.6 Å². The first-order valence-electron chi connectivity index (χ1n) is 6.60. The summed E-state index contributed by atoms with van der Waals surface area (Å²) in [6, 6.07) is 0.0685. The second kappa shape index (κ2) is 5.97. The molecule has 104 valence electrons. The Morgan fingerprint density at radius 1 is 1.47 bits per heavy atom. The quantitative estimate of drug-likeness (QED) is 0.887. The Kier molecular flexibility index (Phi) is 4.31. The third-order valence-electron chi connectivity index (χ3n) is 3.10. The third kappa shape index (κ3) is 3.20. The number of nitrogens with one attached hydrogen (secondary N) is 1. The van der Waals surface area contributed by atoms with Crippen molar-refractivity contribution in [1.29, 1.82) is 0 Å². The molecule has 0 aliphatic carbocycles. The molecular weight excluding hydrogens is 244 g/mol. The van der Waals surface area contributed by atoms with Gasteiger partial charge in [0.25, 0.3) is 5.91 Å². The van der Waals surface area contributed by atoms with Gasteiger partial charge in [0.2, 0.25) is 0 Å². The van der Waals surface area contributed by atoms with Crippen LogP contribution in [0.1, 0.15) is 31.3 Å². The molecule has 0 spiro atoms. The predicted octanol–water partition coefficient (Wildman–Crippen LogP) is 1.16. The van der Waals surface area contributed by atoms with Gasteiger partial charge in [-0.15, -0.1) is 0 Å². The Morgan fingerprint density at radius 2 is 2.26 bits per heavy atom. The van der Waals surface area contributed by atoms with E-state index in [1.807, 2.05) is 20.8 Å². The molecule has 1 N–H and O–H groups in total. The van der Waals surface area contributed by atoms with E-state index in [-0.39, 0.29) is 18.1 Å². The van der Waals surface area contributed by atoms with Crippen LogP contribution in [-0.2, 0) is 4.74 Å². The number of aromatic nitrogens is 2. The van der Waals surface area contributed by atoms with E-state index in [0.29, 0.717) is 24.7 Å². The van der Waals surface area contributed by atoms with E-state index < -0.39 is 0 Å². The lowest BCUT2D eigenvalue weighted by atomic mass is 10.2. The molecule has 1 aromatic heterocycles. The van der Waals surface area contributed by atoms with Gasteiger partial charge >= 0.3 is 0 Å². The molecule has 6 nitrogen and oxygen atoms in total. The molecule has 1 fully saturated rings. The Morgan fingerprint density at radius 3 is 2.89 bits per heavy atom. The Labute approximate surface area is 113 Å². The van der Waals surface area contributed by atoms with Gasteiger partial charge in [0.05, 0.1) is 31.1 Å². The molecule has 6 heteroatoms. The first-order valence-corrected chi connectivity index (χ1v) is 6.60. The molecule has 1 aliphatic rings. The summed E-state index contributed by atoms with van der Waals surface area (Å²) in [5.41, 5.74) is 0.377. The van der Waals surface area contributed by atoms with Crippen molar-refractivity contribution in [3.63, 3.8) is 0 Å². The van der Waals surface area contributed by atoms with E-state index in [4.69, 9.17) is 4.74 Å². The number of carbonyl (C=O) groups is 1. The van der Waals surface area contributed by atoms with Crippen LogP contribution in [0.4, 0.5) is 5.82 Å². The molecule has 2 atom stereocenters. The molecule has 1 saturated heterocycles. The van der Waals surface area contributed by atoms with E-state index >= 15 is 0 Å². The normalized spacial score (nSPS) is 23.2. The summed E-state index contributed by atoms with van der Waals surface area (Å²) in [7, 11) is 0. The zero-order chi connectivity index (χ0) is 13.8. The van der Waals surface area contributed by atoms with Crippen molar-refractivity contribution in [3.8, 4) is 0 Å². The van der Waals surface area contributed by atoms with Crippen LogP contribution in [0.15, 0.2) is 12.4 Å². The molecule has 2 unspecified atom stereocenters. The third-order valence-corrected chi connectivity index (χ3v) is 3.10. The first-order chi connectivity index (χ1) is 9.11. The smallest absolute Gasteiger partial charge is 0.274 e. The van der Waals surface area contributed by atoms with Crippen molar-refractivity contribution < 1.29 is 9.53 Å². The predicted molar refractivity (Wildman–Crippen MR) is 72.1 cm³/mol. The Balaban J connectivity index is 2.09. The molecule has 2 rings (SSSR count). The van der Waals surface area contributed by atoms with Crippen LogP contribution < -0.4 is 5.32 Å². The SMILES string of the molecule is CCNc1cnc(C(=O)N2CC(C)OCC2C)cn1. The van der Waals surface area contributed by atoms with Crippen molar-refractivity contribution in [2.75, 3.05) is 25.0 Å². The van der Waals surface area contributed by atoms with Crippen molar-refractivity contribution in [1.82, 2.24) is 14.9 Å². The van der Waals surface area contributed by atoms with E-state index in [1.54, 1.807) is 11.1 Å². The average molecular weight is 264 g/mol. The minimum absolute atomic E-state index is 0.0640. The summed E-state index contributed by atoms with van der Waals surface area (Å²) in [6.07, 6.45) is 3.17. The van der Waals surface area contributed by atoms with Gasteiger partial charge in [0.1, 0.15) is 11.5 Å². The lowest BCUT2D eigenvalue weighted by Gasteiger charge is -2.36. The number of nitrogens with zero attached hydrogens (tertiary/aromatic N) is 3. The molecule has 0 saturated carbocycles. The van der Waals surface area contributed by atoms with Gasteiger partial charge in [-0.2, -0.15) is 0 Å². The van der Waals surface area contributed by atoms with Gasteiger partial charge in [-0.25, -0.2) is 9.97 Å². The van der Waals surface area contributed by atoms with Gasteiger partial charge in [-0.05, 0) is 20.8 Å². The summed E-state index contributed by atoms with van der Waals surface area (Å²) < 4.78 is 5.52. The van der Waals surface area contributed by atoms with Crippen molar-refractivity contribution in [2.24, 2.45) is 0 Å². The van der Waals surface area contributed by atoms with Gasteiger partial charge < -0.3 is 15.0 Å². The standard InChI is InChI=1S/C13H20N4O2/c1-4-14-12-6-15-11(5-16-12)13(18)17-7-10(3)19-8-9(17)2/h5-6,9-10H,4,7-8H2,1-3H3,(H,14,16). The minimum Gasteiger partial charge on any atom is -0.375 e. The molecule has 0 bridgehead atoms. The van der Waals surface area contributed by atoms with Crippen LogP contribution >= 0.6 is 0 Å². The summed E-state index contributed by atoms with van der Waals surface area (Å²) >= 11 is 0. The second-order valence-electron chi connectivity index (χ2n) is 4.77. The number of hydrogen-bond acceptors (Lipinski definition) is 5. The maximum Gasteiger partial charge on any atom is 0.274 e. The zero-order valence-corrected chi connectivity index (χ0v) is 11.6. The fourth-order valence-corrected chi connectivity index (χ4v) is 2.04. The number of amides is 1. The maximum absolute atomic E-state index is 12.4. The van der Waals surface area contributed by atoms with E-state index in [1.165, 1.54) is 6.20 Å². The molecule has 19 heavy (non-hydrogen) atoms. The number of ether oxygens (including phenoxy) is 1. The van der Waals surface area contributed by atoms with Crippen LogP contribution in [0.2, 0.25) is 0 Å². The highest BCUT2D eigenvalue weighted by molar-refractivity contribution is 5.92. The highest BCUT2D eigenvalue weighted by Gasteiger charge is 2.28. The summed E-state index contributed by atoms with van der Waals surface area (Å²) in [5.74, 6) is 0.598. The van der Waals surface area contributed by atoms with Crippen LogP contribution in [0.25, 0.3) is 0 Å². The average Bonchev–Trinajstić information content (AvgIpc) is 2.42. The van der Waals surface area contributed by atoms with Crippen molar-refractivity contribution >= 4 is 11.7 Å². The molecule has 0 aromatic carbocycles. The zero-order valence-electron chi connectivity index (χ0n) is 11.6. The molecular formula is C13H20N4O2. The summed E-state index contributed by atoms with van der Waals surface area (Å²) in [5, 5.41) is 3.05. The van der Waals surface area contributed by atoms with Crippen LogP contribution in [0, 0.1) is 0 Å². The van der Waals surface area contributed by atoms with Crippen molar-refractivity contribution in [2.45, 2.75) is 32.9 Å². The highest BCUT2D eigenvalue weighted by Crippen LogP contribution is 2.14. The fraction of sp³-hybridized carbons (Fsp3) is 0.615. The summed E-state index contributed by atoms with van der Waals surface area (Å²) in [6.45, 7) is 7.86. The Hall–Kier alpha value is -1.69. The van der Waals surface area contributed by atoms with Gasteiger partial charge in [0.15, 0.2) is 0 Å². The Bertz CT molecular complexity index is 435. The number of morpholine rings is 1. The number of anilines is 1. The van der Waals surface area contributed by atoms with E-state index in [0.717, 1.165) is 6.54 Å². The lowest BCUT2D eigenvalue weighted by Crippen LogP contribution is -2.50. The van der Waals surface area contributed by atoms with Crippen molar-refractivity contribution in [3.05, 3.63) is 18.1 Å². The van der Waals surface area contributed by atoms with Gasteiger partial charge in [-0.1, -0.05) is 0 Å². The molecule has 1 amide bonds. The van der Waals surface area contributed by atoms with E-state index in [2.05, 4.69) is 15.3 Å². The first kappa shape index (κ1) is 13.7. The largest absolute Gasteiger partial charge is 0.375 e. The fourth-order valence-electron chi connectivity index (χ4n) is 2.04. The molecule has 0 radical (unpaired) electrons. The van der Waals surface area contributed by atoms with Gasteiger partial charge in [0, 0.05) is 13.1 Å². The van der Waals surface area contributed by atoms with Crippen LogP contribution in [0.5, 0.6) is 0 Å². The number of hydrogen-bond donors (Lipinski definition) is 1.